The van der Waals surface area contributed by atoms with Gasteiger partial charge in [0.15, 0.2) is 0 Å². The first kappa shape index (κ1) is 26.4. The Balaban J connectivity index is 1.42. The molecule has 0 saturated carbocycles. The number of aryl methyl sites for hydroxylation is 2. The molecule has 0 spiro atoms. The van der Waals surface area contributed by atoms with Gasteiger partial charge in [-0.25, -0.2) is 9.78 Å². The fourth-order valence-corrected chi connectivity index (χ4v) is 5.68. The van der Waals surface area contributed by atoms with Gasteiger partial charge in [-0.3, -0.25) is 0 Å². The maximum Gasteiger partial charge on any atom is 0.410 e. The molecule has 1 aromatic carbocycles. The molecule has 6 nitrogen and oxygen atoms in total. The van der Waals surface area contributed by atoms with E-state index in [4.69, 9.17) is 21.7 Å². The molecule has 1 aromatic heterocycles. The summed E-state index contributed by atoms with van der Waals surface area (Å²) in [4.78, 5) is 18.9. The van der Waals surface area contributed by atoms with E-state index in [0.29, 0.717) is 13.1 Å². The zero-order chi connectivity index (χ0) is 26.9. The molecule has 3 heterocycles. The van der Waals surface area contributed by atoms with E-state index in [1.807, 2.05) is 57.3 Å². The smallest absolute Gasteiger partial charge is 0.410 e. The second-order valence-electron chi connectivity index (χ2n) is 11.3. The van der Waals surface area contributed by atoms with Gasteiger partial charge in [0, 0.05) is 30.9 Å². The monoisotopic (exact) mass is 531 g/mol. The van der Waals surface area contributed by atoms with Gasteiger partial charge in [-0.05, 0) is 93.7 Å². The zero-order valence-electron chi connectivity index (χ0n) is 22.7. The van der Waals surface area contributed by atoms with Crippen molar-refractivity contribution in [2.24, 2.45) is 5.92 Å². The predicted octanol–water partition coefficient (Wildman–Crippen LogP) is 7.91. The molecule has 0 bridgehead atoms. The lowest BCUT2D eigenvalue weighted by molar-refractivity contribution is 0.0199. The maximum absolute atomic E-state index is 12.7. The molecule has 3 aliphatic rings. The quantitative estimate of drug-likeness (QED) is 0.394. The van der Waals surface area contributed by atoms with Crippen molar-refractivity contribution in [3.63, 3.8) is 0 Å². The third-order valence-electron chi connectivity index (χ3n) is 7.22. The van der Waals surface area contributed by atoms with Gasteiger partial charge >= 0.3 is 6.09 Å². The Labute approximate surface area is 230 Å². The van der Waals surface area contributed by atoms with Crippen LogP contribution >= 0.6 is 11.6 Å². The Morgan fingerprint density at radius 1 is 1.21 bits per heavy atom. The van der Waals surface area contributed by atoms with E-state index in [9.17, 15) is 4.79 Å². The van der Waals surface area contributed by atoms with Crippen molar-refractivity contribution in [3.05, 3.63) is 93.6 Å². The summed E-state index contributed by atoms with van der Waals surface area (Å²) in [5.74, 6) is 0.281. The van der Waals surface area contributed by atoms with Crippen LogP contribution in [0.4, 0.5) is 4.79 Å². The van der Waals surface area contributed by atoms with Crippen LogP contribution in [0.5, 0.6) is 0 Å². The van der Waals surface area contributed by atoms with Crippen LogP contribution in [0, 0.1) is 12.8 Å². The molecule has 0 N–H and O–H groups in total. The summed E-state index contributed by atoms with van der Waals surface area (Å²) in [6.45, 7) is 9.98. The number of imidazole rings is 1. The molecule has 1 amide bonds. The van der Waals surface area contributed by atoms with Crippen LogP contribution in [0.1, 0.15) is 63.3 Å². The summed E-state index contributed by atoms with van der Waals surface area (Å²) in [5, 5.41) is 5.63. The number of amides is 1. The highest BCUT2D eigenvalue weighted by Gasteiger charge is 2.31. The summed E-state index contributed by atoms with van der Waals surface area (Å²) < 4.78 is 7.78. The number of carbonyl (C=O) groups is 1. The summed E-state index contributed by atoms with van der Waals surface area (Å²) in [6.07, 6.45) is 15.7. The van der Waals surface area contributed by atoms with Crippen molar-refractivity contribution < 1.29 is 9.53 Å². The van der Waals surface area contributed by atoms with Gasteiger partial charge in [0.05, 0.1) is 12.0 Å². The number of allylic oxidation sites excluding steroid dienone is 5. The summed E-state index contributed by atoms with van der Waals surface area (Å²) >= 11 is 6.56. The third-order valence-corrected chi connectivity index (χ3v) is 7.46. The van der Waals surface area contributed by atoms with Crippen molar-refractivity contribution in [2.45, 2.75) is 65.5 Å². The molecule has 0 atom stereocenters. The number of ether oxygens (including phenoxy) is 1. The Hall–Kier alpha value is -3.25. The topological polar surface area (TPSA) is 61.5 Å². The second-order valence-corrected chi connectivity index (χ2v) is 11.7. The van der Waals surface area contributed by atoms with E-state index in [0.717, 1.165) is 54.2 Å². The fourth-order valence-electron chi connectivity index (χ4n) is 5.51. The van der Waals surface area contributed by atoms with Crippen LogP contribution in [0.2, 0.25) is 5.02 Å². The average molecular weight is 532 g/mol. The average Bonchev–Trinajstić information content (AvgIpc) is 3.23. The van der Waals surface area contributed by atoms with Crippen LogP contribution in [-0.2, 0) is 11.3 Å². The maximum atomic E-state index is 12.7. The third kappa shape index (κ3) is 5.91. The van der Waals surface area contributed by atoms with E-state index < -0.39 is 5.60 Å². The van der Waals surface area contributed by atoms with Crippen molar-refractivity contribution in [3.8, 4) is 0 Å². The van der Waals surface area contributed by atoms with Crippen LogP contribution in [0.3, 0.4) is 0 Å². The lowest BCUT2D eigenvalue weighted by atomic mass is 9.81. The number of rotatable bonds is 5. The highest BCUT2D eigenvalue weighted by Crippen LogP contribution is 2.46. The Morgan fingerprint density at radius 2 is 2.00 bits per heavy atom. The summed E-state index contributed by atoms with van der Waals surface area (Å²) in [7, 11) is 0. The molecule has 2 aromatic rings. The molecule has 200 valence electrons. The van der Waals surface area contributed by atoms with Crippen molar-refractivity contribution in [2.75, 3.05) is 13.1 Å². The van der Waals surface area contributed by atoms with Gasteiger partial charge in [0.1, 0.15) is 5.60 Å². The van der Waals surface area contributed by atoms with Crippen molar-refractivity contribution >= 4 is 28.8 Å². The molecular formula is C31H36ClN4O2-. The second kappa shape index (κ2) is 10.9. The normalized spacial score (nSPS) is 17.8. The number of carbonyl (C=O) groups excluding carboxylic acids is 1. The van der Waals surface area contributed by atoms with Crippen LogP contribution in [0.25, 0.3) is 16.5 Å². The molecule has 5 rings (SSSR count). The molecule has 1 aliphatic carbocycles. The molecular weight excluding hydrogens is 496 g/mol. The lowest BCUT2D eigenvalue weighted by Crippen LogP contribution is -2.42. The Bertz CT molecular complexity index is 1330. The fraction of sp³-hybridized carbons (Fsp3) is 0.419. The van der Waals surface area contributed by atoms with E-state index in [-0.39, 0.29) is 12.0 Å². The van der Waals surface area contributed by atoms with Gasteiger partial charge < -0.3 is 19.5 Å². The Morgan fingerprint density at radius 3 is 2.71 bits per heavy atom. The zero-order valence-corrected chi connectivity index (χ0v) is 23.5. The van der Waals surface area contributed by atoms with E-state index in [1.54, 1.807) is 0 Å². The first-order valence-electron chi connectivity index (χ1n) is 13.5. The number of hydrogen-bond acceptors (Lipinski definition) is 3. The molecule has 0 radical (unpaired) electrons. The highest BCUT2D eigenvalue weighted by molar-refractivity contribution is 6.30. The largest absolute Gasteiger partial charge is 0.663 e. The Kier molecular flexibility index (Phi) is 7.53. The molecule has 38 heavy (non-hydrogen) atoms. The number of benzene rings is 1. The molecule has 2 aliphatic heterocycles. The number of hydrogen-bond donors (Lipinski definition) is 0. The van der Waals surface area contributed by atoms with E-state index in [2.05, 4.69) is 40.0 Å². The van der Waals surface area contributed by atoms with Gasteiger partial charge in [0.2, 0.25) is 0 Å². The lowest BCUT2D eigenvalue weighted by Gasteiger charge is -2.38. The number of likely N-dealkylation sites (tertiary alicyclic amines) is 1. The van der Waals surface area contributed by atoms with E-state index >= 15 is 0 Å². The molecule has 1 fully saturated rings. The van der Waals surface area contributed by atoms with Gasteiger partial charge in [0.25, 0.3) is 0 Å². The first-order valence-corrected chi connectivity index (χ1v) is 13.8. The molecule has 7 heteroatoms. The minimum absolute atomic E-state index is 0.232. The standard InChI is InChI=1S/C31H36ClN4O2/c1-21-19-35(20-34-21)14-6-8-23-17-24-7-5-13-33-29(24)28(26-10-9-25(32)18-27(23)26)22-11-15-36(16-12-22)30(37)38-31(2,3)4/h5,7,9-10,13,17-20,22H,6,8,11-12,14-16H2,1-4H3/q-1. The van der Waals surface area contributed by atoms with Gasteiger partial charge in [-0.1, -0.05) is 41.5 Å². The van der Waals surface area contributed by atoms with Gasteiger partial charge in [-0.2, -0.15) is 6.20 Å². The number of halogens is 1. The number of fused-ring (bicyclic) bond motifs is 2. The molecule has 1 saturated heterocycles. The first-order chi connectivity index (χ1) is 18.2. The SMILES string of the molecule is Cc1cn(CCCC2=CC3=CC=C[N-]C3=C(C3CCN(C(=O)OC(C)(C)C)CC3)c3ccc(Cl)cc32)cn1. The number of nitrogens with zero attached hydrogens (tertiary/aromatic N) is 4. The summed E-state index contributed by atoms with van der Waals surface area (Å²) in [5.41, 5.74) is 7.62. The minimum atomic E-state index is -0.496. The predicted molar refractivity (Wildman–Crippen MR) is 154 cm³/mol. The number of aromatic nitrogens is 2. The van der Waals surface area contributed by atoms with Crippen LogP contribution in [-0.4, -0.2) is 39.2 Å². The van der Waals surface area contributed by atoms with Crippen molar-refractivity contribution in [1.29, 1.82) is 0 Å². The van der Waals surface area contributed by atoms with E-state index in [1.165, 1.54) is 22.3 Å². The van der Waals surface area contributed by atoms with Gasteiger partial charge in [-0.15, -0.1) is 5.70 Å². The minimum Gasteiger partial charge on any atom is -0.663 e. The summed E-state index contributed by atoms with van der Waals surface area (Å²) in [6, 6.07) is 6.24. The van der Waals surface area contributed by atoms with Crippen LogP contribution < -0.4 is 0 Å². The van der Waals surface area contributed by atoms with Crippen molar-refractivity contribution in [1.82, 2.24) is 14.5 Å². The highest BCUT2D eigenvalue weighted by atomic mass is 35.5. The number of piperidine rings is 1. The van der Waals surface area contributed by atoms with Crippen LogP contribution in [0.15, 0.2) is 66.4 Å². The molecule has 0 unspecified atom stereocenters.